The van der Waals surface area contributed by atoms with Crippen molar-refractivity contribution in [3.8, 4) is 11.5 Å². The summed E-state index contributed by atoms with van der Waals surface area (Å²) in [5.41, 5.74) is 2.89. The van der Waals surface area contributed by atoms with Gasteiger partial charge < -0.3 is 9.47 Å². The van der Waals surface area contributed by atoms with Gasteiger partial charge in [-0.15, -0.1) is 0 Å². The number of nitrogens with zero attached hydrogens (tertiary/aromatic N) is 3. The second kappa shape index (κ2) is 9.99. The molecule has 2 aliphatic heterocycles. The third kappa shape index (κ3) is 5.02. The number of hydrogen-bond acceptors (Lipinski definition) is 6. The molecular formula is C27H22N4O3S. The van der Waals surface area contributed by atoms with Crippen molar-refractivity contribution in [1.82, 2.24) is 5.01 Å². The summed E-state index contributed by atoms with van der Waals surface area (Å²) in [6.45, 7) is 2.78. The number of para-hydroxylation sites is 1. The number of hydrazone groups is 1. The van der Waals surface area contributed by atoms with E-state index in [1.807, 2.05) is 85.8 Å². The highest BCUT2D eigenvalue weighted by molar-refractivity contribution is 8.27. The van der Waals surface area contributed by atoms with Gasteiger partial charge >= 0.3 is 0 Å². The maximum atomic E-state index is 12.7. The molecule has 0 fully saturated rings. The first kappa shape index (κ1) is 22.6. The van der Waals surface area contributed by atoms with Crippen LogP contribution in [0.4, 0.5) is 0 Å². The van der Waals surface area contributed by atoms with Gasteiger partial charge in [0.2, 0.25) is 5.17 Å². The van der Waals surface area contributed by atoms with Crippen molar-refractivity contribution in [2.45, 2.75) is 6.92 Å². The van der Waals surface area contributed by atoms with E-state index < -0.39 is 5.91 Å². The Morgan fingerprint density at radius 3 is 2.57 bits per heavy atom. The van der Waals surface area contributed by atoms with Crippen LogP contribution in [0.3, 0.4) is 0 Å². The van der Waals surface area contributed by atoms with E-state index in [1.165, 1.54) is 16.8 Å². The molecule has 8 heteroatoms. The number of aryl methyl sites for hydroxylation is 1. The third-order valence-electron chi connectivity index (χ3n) is 5.35. The van der Waals surface area contributed by atoms with Crippen LogP contribution in [0.2, 0.25) is 0 Å². The van der Waals surface area contributed by atoms with Crippen molar-refractivity contribution in [3.05, 3.63) is 101 Å². The minimum Gasteiger partial charge on any atom is -0.490 e. The molecule has 0 spiro atoms. The lowest BCUT2D eigenvalue weighted by Crippen LogP contribution is -2.35. The van der Waals surface area contributed by atoms with E-state index in [1.54, 1.807) is 6.08 Å². The molecule has 0 aliphatic carbocycles. The Morgan fingerprint density at radius 1 is 0.971 bits per heavy atom. The van der Waals surface area contributed by atoms with E-state index in [0.29, 0.717) is 29.2 Å². The topological polar surface area (TPSA) is 87.3 Å². The Morgan fingerprint density at radius 2 is 1.74 bits per heavy atom. The fourth-order valence-electron chi connectivity index (χ4n) is 3.58. The summed E-state index contributed by atoms with van der Waals surface area (Å²) in [6.07, 6.45) is 1.64. The number of nitrogens with one attached hydrogen (secondary N) is 1. The first-order valence-corrected chi connectivity index (χ1v) is 11.9. The van der Waals surface area contributed by atoms with Gasteiger partial charge in [-0.1, -0.05) is 60.7 Å². The van der Waals surface area contributed by atoms with Crippen molar-refractivity contribution in [2.24, 2.45) is 10.1 Å². The number of carbonyl (C=O) groups excluding carboxylic acids is 1. The predicted molar refractivity (Wildman–Crippen MR) is 139 cm³/mol. The van der Waals surface area contributed by atoms with Crippen molar-refractivity contribution in [2.75, 3.05) is 13.2 Å². The van der Waals surface area contributed by atoms with Gasteiger partial charge in [-0.2, -0.15) is 15.1 Å². The second-order valence-electron chi connectivity index (χ2n) is 7.83. The summed E-state index contributed by atoms with van der Waals surface area (Å²) in [5.74, 6) is 1.02. The summed E-state index contributed by atoms with van der Waals surface area (Å²) < 4.78 is 11.6. The van der Waals surface area contributed by atoms with Gasteiger partial charge in [0.05, 0.1) is 5.57 Å². The van der Waals surface area contributed by atoms with Crippen LogP contribution in [0.15, 0.2) is 94.5 Å². The lowest BCUT2D eigenvalue weighted by molar-refractivity contribution is -0.114. The molecule has 0 atom stereocenters. The molecule has 3 aromatic rings. The number of thioether (sulfide) groups is 1. The Hall–Kier alpha value is -4.17. The number of rotatable bonds is 7. The van der Waals surface area contributed by atoms with Gasteiger partial charge in [-0.3, -0.25) is 10.2 Å². The number of hydrogen-bond donors (Lipinski definition) is 1. The van der Waals surface area contributed by atoms with Crippen LogP contribution in [-0.4, -0.2) is 40.2 Å². The molecule has 2 heterocycles. The van der Waals surface area contributed by atoms with Crippen LogP contribution in [0, 0.1) is 12.3 Å². The normalized spacial score (nSPS) is 16.1. The highest BCUT2D eigenvalue weighted by Crippen LogP contribution is 2.31. The van der Waals surface area contributed by atoms with Crippen LogP contribution in [0.1, 0.15) is 16.7 Å². The van der Waals surface area contributed by atoms with Crippen molar-refractivity contribution < 1.29 is 14.3 Å². The van der Waals surface area contributed by atoms with E-state index in [9.17, 15) is 4.79 Å². The highest BCUT2D eigenvalue weighted by atomic mass is 32.2. The molecule has 0 saturated heterocycles. The molecule has 3 aromatic carbocycles. The van der Waals surface area contributed by atoms with Gasteiger partial charge in [0, 0.05) is 5.56 Å². The number of ether oxygens (including phenoxy) is 2. The molecule has 7 nitrogen and oxygen atoms in total. The van der Waals surface area contributed by atoms with Crippen LogP contribution >= 0.6 is 11.8 Å². The molecule has 1 amide bonds. The number of aliphatic imine (C=N–C) groups is 1. The molecule has 5 rings (SSSR count). The van der Waals surface area contributed by atoms with E-state index in [0.717, 1.165) is 22.4 Å². The van der Waals surface area contributed by atoms with E-state index in [-0.39, 0.29) is 11.4 Å². The fourth-order valence-corrected chi connectivity index (χ4v) is 4.48. The molecule has 0 radical (unpaired) electrons. The zero-order chi connectivity index (χ0) is 24.2. The molecule has 0 aromatic heterocycles. The molecule has 1 N–H and O–H groups in total. The third-order valence-corrected chi connectivity index (χ3v) is 6.31. The number of benzene rings is 3. The zero-order valence-electron chi connectivity index (χ0n) is 19.0. The van der Waals surface area contributed by atoms with Crippen LogP contribution < -0.4 is 9.47 Å². The lowest BCUT2D eigenvalue weighted by atomic mass is 10.1. The SMILES string of the molecule is Cc1ccccc1OCCOc1cccc(/C=C2/C(=N)N3N=C(c4ccccc4)SC3=NC2=O)c1. The number of carbonyl (C=O) groups is 1. The highest BCUT2D eigenvalue weighted by Gasteiger charge is 2.35. The Kier molecular flexibility index (Phi) is 6.45. The maximum Gasteiger partial charge on any atom is 0.283 e. The lowest BCUT2D eigenvalue weighted by Gasteiger charge is -2.20. The number of amidine groups is 2. The van der Waals surface area contributed by atoms with E-state index >= 15 is 0 Å². The Balaban J connectivity index is 1.27. The van der Waals surface area contributed by atoms with Gasteiger partial charge in [0.25, 0.3) is 5.91 Å². The average Bonchev–Trinajstić information content (AvgIpc) is 3.30. The Bertz CT molecular complexity index is 1380. The Labute approximate surface area is 207 Å². The number of fused-ring (bicyclic) bond motifs is 1. The zero-order valence-corrected chi connectivity index (χ0v) is 19.8. The summed E-state index contributed by atoms with van der Waals surface area (Å²) in [6, 6.07) is 24.8. The molecule has 2 aliphatic rings. The quantitative estimate of drug-likeness (QED) is 0.373. The molecular weight excluding hydrogens is 460 g/mol. The largest absolute Gasteiger partial charge is 0.490 e. The van der Waals surface area contributed by atoms with Gasteiger partial charge in [0.15, 0.2) is 5.84 Å². The minimum absolute atomic E-state index is 0.00335. The molecule has 0 saturated carbocycles. The first-order valence-electron chi connectivity index (χ1n) is 11.1. The molecule has 35 heavy (non-hydrogen) atoms. The molecule has 0 bridgehead atoms. The number of amides is 1. The van der Waals surface area contributed by atoms with Gasteiger partial charge in [0.1, 0.15) is 29.8 Å². The van der Waals surface area contributed by atoms with E-state index in [4.69, 9.17) is 14.9 Å². The van der Waals surface area contributed by atoms with Gasteiger partial charge in [-0.05, 0) is 54.1 Å². The van der Waals surface area contributed by atoms with Crippen LogP contribution in [0.5, 0.6) is 11.5 Å². The molecule has 174 valence electrons. The van der Waals surface area contributed by atoms with Crippen molar-refractivity contribution in [1.29, 1.82) is 5.41 Å². The first-order chi connectivity index (χ1) is 17.1. The standard InChI is InChI=1S/C27H22N4O3S/c1-18-8-5-6-13-23(18)34-15-14-33-21-12-7-9-19(16-21)17-22-24(28)31-27(29-25(22)32)35-26(30-31)20-10-3-2-4-11-20/h2-13,16-17,28H,14-15H2,1H3/b22-17-,28-24?. The average molecular weight is 483 g/mol. The van der Waals surface area contributed by atoms with E-state index in [2.05, 4.69) is 10.1 Å². The summed E-state index contributed by atoms with van der Waals surface area (Å²) in [4.78, 5) is 16.9. The van der Waals surface area contributed by atoms with Crippen LogP contribution in [-0.2, 0) is 4.79 Å². The summed E-state index contributed by atoms with van der Waals surface area (Å²) >= 11 is 1.28. The van der Waals surface area contributed by atoms with Crippen LogP contribution in [0.25, 0.3) is 6.08 Å². The van der Waals surface area contributed by atoms with Crippen molar-refractivity contribution >= 4 is 39.8 Å². The maximum absolute atomic E-state index is 12.7. The fraction of sp³-hybridized carbons (Fsp3) is 0.111. The molecule has 0 unspecified atom stereocenters. The van der Waals surface area contributed by atoms with Crippen molar-refractivity contribution in [3.63, 3.8) is 0 Å². The predicted octanol–water partition coefficient (Wildman–Crippen LogP) is 5.12. The smallest absolute Gasteiger partial charge is 0.283 e. The summed E-state index contributed by atoms with van der Waals surface area (Å²) in [5, 5.41) is 15.6. The minimum atomic E-state index is -0.462. The van der Waals surface area contributed by atoms with Gasteiger partial charge in [-0.25, -0.2) is 0 Å². The monoisotopic (exact) mass is 482 g/mol. The summed E-state index contributed by atoms with van der Waals surface area (Å²) in [7, 11) is 0. The second-order valence-corrected chi connectivity index (χ2v) is 8.78.